The van der Waals surface area contributed by atoms with Crippen molar-refractivity contribution in [1.29, 1.82) is 0 Å². The first-order valence-electron chi connectivity index (χ1n) is 6.08. The molecule has 0 radical (unpaired) electrons. The molecule has 3 nitrogen and oxygen atoms in total. The average Bonchev–Trinajstić information content (AvgIpc) is 2.79. The Bertz CT molecular complexity index is 791. The van der Waals surface area contributed by atoms with Crippen molar-refractivity contribution in [2.24, 2.45) is 0 Å². The summed E-state index contributed by atoms with van der Waals surface area (Å²) < 4.78 is 14.2. The molecule has 1 aliphatic heterocycles. The number of halogens is 3. The standard InChI is InChI=1S/C15H8BrClFNO2/c16-10-3-1-2-8(14(10)18)15(21)9-4-7-5-13(20)19-12(7)6-11(9)17/h1-4,6H,5H2,(H,19,20). The number of amides is 1. The van der Waals surface area contributed by atoms with Crippen molar-refractivity contribution >= 4 is 44.9 Å². The van der Waals surface area contributed by atoms with E-state index in [-0.39, 0.29) is 33.0 Å². The Morgan fingerprint density at radius 2 is 2.05 bits per heavy atom. The third-order valence-corrected chi connectivity index (χ3v) is 4.18. The number of rotatable bonds is 2. The van der Waals surface area contributed by atoms with Crippen molar-refractivity contribution in [3.8, 4) is 0 Å². The third-order valence-electron chi connectivity index (χ3n) is 3.26. The van der Waals surface area contributed by atoms with Gasteiger partial charge in [-0.1, -0.05) is 17.7 Å². The molecule has 0 fully saturated rings. The fraction of sp³-hybridized carbons (Fsp3) is 0.0667. The summed E-state index contributed by atoms with van der Waals surface area (Å²) in [6, 6.07) is 7.55. The smallest absolute Gasteiger partial charge is 0.228 e. The largest absolute Gasteiger partial charge is 0.325 e. The van der Waals surface area contributed by atoms with Crippen molar-refractivity contribution in [1.82, 2.24) is 0 Å². The highest BCUT2D eigenvalue weighted by molar-refractivity contribution is 9.10. The first kappa shape index (κ1) is 14.2. The molecule has 0 unspecified atom stereocenters. The lowest BCUT2D eigenvalue weighted by atomic mass is 9.99. The molecule has 21 heavy (non-hydrogen) atoms. The zero-order valence-corrected chi connectivity index (χ0v) is 12.9. The minimum Gasteiger partial charge on any atom is -0.325 e. The summed E-state index contributed by atoms with van der Waals surface area (Å²) in [6.45, 7) is 0. The van der Waals surface area contributed by atoms with Gasteiger partial charge in [0.1, 0.15) is 5.82 Å². The van der Waals surface area contributed by atoms with Crippen molar-refractivity contribution in [2.75, 3.05) is 5.32 Å². The second-order valence-electron chi connectivity index (χ2n) is 4.64. The summed E-state index contributed by atoms with van der Waals surface area (Å²) in [4.78, 5) is 23.8. The Kier molecular flexibility index (Phi) is 3.55. The summed E-state index contributed by atoms with van der Waals surface area (Å²) in [5, 5.41) is 2.83. The number of hydrogen-bond acceptors (Lipinski definition) is 2. The molecule has 0 saturated heterocycles. The quantitative estimate of drug-likeness (QED) is 0.815. The number of carbonyl (C=O) groups excluding carboxylic acids is 2. The summed E-state index contributed by atoms with van der Waals surface area (Å²) in [7, 11) is 0. The highest BCUT2D eigenvalue weighted by Gasteiger charge is 2.24. The van der Waals surface area contributed by atoms with Gasteiger partial charge in [-0.05, 0) is 45.8 Å². The Morgan fingerprint density at radius 1 is 1.29 bits per heavy atom. The zero-order chi connectivity index (χ0) is 15.1. The molecule has 2 aromatic rings. The maximum Gasteiger partial charge on any atom is 0.228 e. The molecule has 0 aromatic heterocycles. The van der Waals surface area contributed by atoms with Crippen LogP contribution in [0.3, 0.4) is 0 Å². The summed E-state index contributed by atoms with van der Waals surface area (Å²) >= 11 is 9.13. The summed E-state index contributed by atoms with van der Waals surface area (Å²) in [5.74, 6) is -1.30. The van der Waals surface area contributed by atoms with Crippen LogP contribution in [0.2, 0.25) is 5.02 Å². The number of carbonyl (C=O) groups is 2. The van der Waals surface area contributed by atoms with Crippen LogP contribution in [-0.4, -0.2) is 11.7 Å². The molecule has 2 aromatic carbocycles. The minimum absolute atomic E-state index is 0.0662. The Morgan fingerprint density at radius 3 is 2.81 bits per heavy atom. The molecular weight excluding hydrogens is 361 g/mol. The lowest BCUT2D eigenvalue weighted by molar-refractivity contribution is -0.115. The second-order valence-corrected chi connectivity index (χ2v) is 5.91. The Balaban J connectivity index is 2.09. The molecule has 0 aliphatic carbocycles. The number of nitrogens with one attached hydrogen (secondary N) is 1. The van der Waals surface area contributed by atoms with Crippen molar-refractivity contribution < 1.29 is 14.0 Å². The van der Waals surface area contributed by atoms with E-state index >= 15 is 0 Å². The van der Waals surface area contributed by atoms with Crippen LogP contribution in [0.4, 0.5) is 10.1 Å². The van der Waals surface area contributed by atoms with Crippen molar-refractivity contribution in [3.05, 3.63) is 62.3 Å². The van der Waals surface area contributed by atoms with Gasteiger partial charge in [-0.3, -0.25) is 9.59 Å². The molecule has 0 saturated carbocycles. The van der Waals surface area contributed by atoms with E-state index < -0.39 is 11.6 Å². The maximum absolute atomic E-state index is 14.0. The highest BCUT2D eigenvalue weighted by atomic mass is 79.9. The van der Waals surface area contributed by atoms with E-state index in [2.05, 4.69) is 21.2 Å². The molecule has 1 aliphatic rings. The number of benzene rings is 2. The van der Waals surface area contributed by atoms with E-state index in [0.29, 0.717) is 11.3 Å². The van der Waals surface area contributed by atoms with Crippen LogP contribution >= 0.6 is 27.5 Å². The van der Waals surface area contributed by atoms with E-state index in [1.165, 1.54) is 24.3 Å². The van der Waals surface area contributed by atoms with Crippen LogP contribution in [0, 0.1) is 5.82 Å². The molecule has 6 heteroatoms. The van der Waals surface area contributed by atoms with Crippen molar-refractivity contribution in [3.63, 3.8) is 0 Å². The van der Waals surface area contributed by atoms with Gasteiger partial charge in [-0.2, -0.15) is 0 Å². The van der Waals surface area contributed by atoms with E-state index in [0.717, 1.165) is 0 Å². The van der Waals surface area contributed by atoms with Gasteiger partial charge in [0.2, 0.25) is 5.91 Å². The number of fused-ring (bicyclic) bond motifs is 1. The minimum atomic E-state index is -0.631. The molecule has 0 bridgehead atoms. The van der Waals surface area contributed by atoms with Gasteiger partial charge in [0.05, 0.1) is 21.5 Å². The van der Waals surface area contributed by atoms with E-state index in [1.807, 2.05) is 0 Å². The third kappa shape index (κ3) is 2.47. The average molecular weight is 369 g/mol. The van der Waals surface area contributed by atoms with Crippen LogP contribution < -0.4 is 5.32 Å². The second kappa shape index (κ2) is 5.24. The van der Waals surface area contributed by atoms with Gasteiger partial charge in [-0.15, -0.1) is 0 Å². The van der Waals surface area contributed by atoms with Gasteiger partial charge in [0, 0.05) is 11.3 Å². The van der Waals surface area contributed by atoms with Crippen LogP contribution in [0.5, 0.6) is 0 Å². The molecule has 0 spiro atoms. The first-order valence-corrected chi connectivity index (χ1v) is 7.25. The number of hydrogen-bond donors (Lipinski definition) is 1. The van der Waals surface area contributed by atoms with Crippen molar-refractivity contribution in [2.45, 2.75) is 6.42 Å². The van der Waals surface area contributed by atoms with Gasteiger partial charge >= 0.3 is 0 Å². The highest BCUT2D eigenvalue weighted by Crippen LogP contribution is 2.32. The topological polar surface area (TPSA) is 46.2 Å². The van der Waals surface area contributed by atoms with Crippen LogP contribution in [-0.2, 0) is 11.2 Å². The zero-order valence-electron chi connectivity index (χ0n) is 10.5. The van der Waals surface area contributed by atoms with Gasteiger partial charge in [0.15, 0.2) is 5.78 Å². The van der Waals surface area contributed by atoms with Gasteiger partial charge < -0.3 is 5.32 Å². The predicted molar refractivity (Wildman–Crippen MR) is 81.3 cm³/mol. The lowest BCUT2D eigenvalue weighted by Crippen LogP contribution is -2.06. The van der Waals surface area contributed by atoms with Crippen LogP contribution in [0.15, 0.2) is 34.8 Å². The summed E-state index contributed by atoms with van der Waals surface area (Å²) in [5.41, 5.74) is 1.40. The molecule has 0 atom stereocenters. The molecule has 1 heterocycles. The molecular formula is C15H8BrClFNO2. The molecule has 106 valence electrons. The molecule has 1 N–H and O–H groups in total. The number of anilines is 1. The van der Waals surface area contributed by atoms with Crippen LogP contribution in [0.1, 0.15) is 21.5 Å². The normalized spacial score (nSPS) is 13.0. The monoisotopic (exact) mass is 367 g/mol. The Labute approximate surface area is 133 Å². The van der Waals surface area contributed by atoms with Gasteiger partial charge in [-0.25, -0.2) is 4.39 Å². The van der Waals surface area contributed by atoms with Crippen LogP contribution in [0.25, 0.3) is 0 Å². The lowest BCUT2D eigenvalue weighted by Gasteiger charge is -2.08. The Hall–Kier alpha value is -1.72. The van der Waals surface area contributed by atoms with E-state index in [9.17, 15) is 14.0 Å². The first-order chi connectivity index (χ1) is 9.97. The summed E-state index contributed by atoms with van der Waals surface area (Å²) in [6.07, 6.45) is 0.188. The maximum atomic E-state index is 14.0. The van der Waals surface area contributed by atoms with Gasteiger partial charge in [0.25, 0.3) is 0 Å². The van der Waals surface area contributed by atoms with E-state index in [1.54, 1.807) is 6.07 Å². The van der Waals surface area contributed by atoms with E-state index in [4.69, 9.17) is 11.6 Å². The molecule has 1 amide bonds. The SMILES string of the molecule is O=C1Cc2cc(C(=O)c3cccc(Br)c3F)c(Cl)cc2N1. The molecule has 3 rings (SSSR count). The predicted octanol–water partition coefficient (Wildman–Crippen LogP) is 3.97. The fourth-order valence-electron chi connectivity index (χ4n) is 2.25. The fourth-order valence-corrected chi connectivity index (χ4v) is 2.86. The number of ketones is 1.